The molecule has 19 heavy (non-hydrogen) atoms. The van der Waals surface area contributed by atoms with Gasteiger partial charge in [0.25, 0.3) is 0 Å². The zero-order valence-electron chi connectivity index (χ0n) is 11.7. The van der Waals surface area contributed by atoms with Gasteiger partial charge in [0.05, 0.1) is 5.25 Å². The van der Waals surface area contributed by atoms with Gasteiger partial charge in [-0.1, -0.05) is 31.5 Å². The average Bonchev–Trinajstić information content (AvgIpc) is 2.28. The molecule has 3 N–H and O–H groups in total. The van der Waals surface area contributed by atoms with Gasteiger partial charge >= 0.3 is 6.03 Å². The largest absolute Gasteiger partial charge is 0.351 e. The van der Waals surface area contributed by atoms with E-state index in [0.717, 1.165) is 16.0 Å². The summed E-state index contributed by atoms with van der Waals surface area (Å²) in [6.45, 7) is 7.91. The fourth-order valence-corrected chi connectivity index (χ4v) is 2.88. The van der Waals surface area contributed by atoms with E-state index < -0.39 is 6.03 Å². The zero-order valence-corrected chi connectivity index (χ0v) is 12.5. The average molecular weight is 280 g/mol. The number of urea groups is 1. The van der Waals surface area contributed by atoms with Crippen LogP contribution in [0, 0.1) is 19.8 Å². The van der Waals surface area contributed by atoms with Crippen LogP contribution in [0.3, 0.4) is 0 Å². The number of nitrogens with one attached hydrogen (secondary N) is 1. The van der Waals surface area contributed by atoms with Gasteiger partial charge in [-0.25, -0.2) is 4.79 Å². The first-order valence-electron chi connectivity index (χ1n) is 6.15. The van der Waals surface area contributed by atoms with Gasteiger partial charge in [0.1, 0.15) is 0 Å². The molecule has 1 aromatic carbocycles. The van der Waals surface area contributed by atoms with Gasteiger partial charge in [-0.15, -0.1) is 11.8 Å². The van der Waals surface area contributed by atoms with E-state index >= 15 is 0 Å². The molecule has 0 aromatic heterocycles. The number of primary amides is 1. The van der Waals surface area contributed by atoms with E-state index in [4.69, 9.17) is 5.73 Å². The quantitative estimate of drug-likeness (QED) is 0.833. The summed E-state index contributed by atoms with van der Waals surface area (Å²) in [5, 5.41) is 1.82. The van der Waals surface area contributed by atoms with E-state index in [1.54, 1.807) is 0 Å². The number of amides is 3. The Morgan fingerprint density at radius 1 is 1.26 bits per heavy atom. The number of benzene rings is 1. The minimum atomic E-state index is -0.808. The van der Waals surface area contributed by atoms with Gasteiger partial charge in [-0.2, -0.15) is 0 Å². The number of imide groups is 1. The summed E-state index contributed by atoms with van der Waals surface area (Å²) in [5.41, 5.74) is 7.26. The van der Waals surface area contributed by atoms with E-state index in [2.05, 4.69) is 5.32 Å². The summed E-state index contributed by atoms with van der Waals surface area (Å²) in [6, 6.07) is 5.30. The van der Waals surface area contributed by atoms with Crippen molar-refractivity contribution in [2.45, 2.75) is 37.8 Å². The van der Waals surface area contributed by atoms with Crippen molar-refractivity contribution in [2.24, 2.45) is 11.7 Å². The Hall–Kier alpha value is -1.49. The number of aryl methyl sites for hydroxylation is 2. The lowest BCUT2D eigenvalue weighted by Gasteiger charge is -2.20. The molecule has 0 spiro atoms. The van der Waals surface area contributed by atoms with Gasteiger partial charge < -0.3 is 5.73 Å². The molecule has 0 aliphatic heterocycles. The highest BCUT2D eigenvalue weighted by Gasteiger charge is 2.25. The molecule has 3 amide bonds. The van der Waals surface area contributed by atoms with Gasteiger partial charge in [0.15, 0.2) is 0 Å². The standard InChI is InChI=1S/C14H20N2O2S/c1-8(2)12(13(17)16-14(15)18)19-11-7-9(3)5-6-10(11)4/h5-8,12H,1-4H3,(H3,15,16,17,18)/t12-/m1/s1. The van der Waals surface area contributed by atoms with Gasteiger partial charge in [0, 0.05) is 4.90 Å². The predicted octanol–water partition coefficient (Wildman–Crippen LogP) is 2.62. The van der Waals surface area contributed by atoms with E-state index in [9.17, 15) is 9.59 Å². The van der Waals surface area contributed by atoms with Crippen LogP contribution in [0.15, 0.2) is 23.1 Å². The van der Waals surface area contributed by atoms with Crippen molar-refractivity contribution in [3.8, 4) is 0 Å². The maximum atomic E-state index is 12.0. The monoisotopic (exact) mass is 280 g/mol. The van der Waals surface area contributed by atoms with Crippen molar-refractivity contribution in [1.29, 1.82) is 0 Å². The van der Waals surface area contributed by atoms with Crippen molar-refractivity contribution in [3.05, 3.63) is 29.3 Å². The normalized spacial score (nSPS) is 12.3. The second-order valence-corrected chi connectivity index (χ2v) is 6.09. The number of hydrogen-bond donors (Lipinski definition) is 2. The molecular formula is C14H20N2O2S. The van der Waals surface area contributed by atoms with Crippen molar-refractivity contribution >= 4 is 23.7 Å². The maximum Gasteiger partial charge on any atom is 0.318 e. The third-order valence-electron chi connectivity index (χ3n) is 2.71. The van der Waals surface area contributed by atoms with Crippen LogP contribution in [-0.2, 0) is 4.79 Å². The minimum Gasteiger partial charge on any atom is -0.351 e. The molecule has 1 atom stereocenters. The molecule has 0 bridgehead atoms. The molecular weight excluding hydrogens is 260 g/mol. The second-order valence-electron chi connectivity index (χ2n) is 4.90. The molecule has 0 aliphatic rings. The number of carbonyl (C=O) groups is 2. The first kappa shape index (κ1) is 15.6. The second kappa shape index (κ2) is 6.61. The lowest BCUT2D eigenvalue weighted by Crippen LogP contribution is -2.42. The fourth-order valence-electron chi connectivity index (χ4n) is 1.66. The van der Waals surface area contributed by atoms with Crippen LogP contribution < -0.4 is 11.1 Å². The van der Waals surface area contributed by atoms with Crippen LogP contribution in [0.2, 0.25) is 0 Å². The van der Waals surface area contributed by atoms with Crippen molar-refractivity contribution in [1.82, 2.24) is 5.32 Å². The van der Waals surface area contributed by atoms with Crippen molar-refractivity contribution in [2.75, 3.05) is 0 Å². The Balaban J connectivity index is 2.92. The predicted molar refractivity (Wildman–Crippen MR) is 78.1 cm³/mol. The Bertz CT molecular complexity index is 486. The third kappa shape index (κ3) is 4.59. The van der Waals surface area contributed by atoms with Crippen LogP contribution in [0.1, 0.15) is 25.0 Å². The summed E-state index contributed by atoms with van der Waals surface area (Å²) in [7, 11) is 0. The Morgan fingerprint density at radius 2 is 1.89 bits per heavy atom. The van der Waals surface area contributed by atoms with E-state index in [1.807, 2.05) is 45.9 Å². The van der Waals surface area contributed by atoms with Crippen LogP contribution in [0.5, 0.6) is 0 Å². The van der Waals surface area contributed by atoms with Gasteiger partial charge in [0.2, 0.25) is 5.91 Å². The number of rotatable bonds is 4. The molecule has 1 aromatic rings. The van der Waals surface area contributed by atoms with Gasteiger partial charge in [-0.05, 0) is 31.4 Å². The molecule has 104 valence electrons. The molecule has 0 heterocycles. The number of hydrogen-bond acceptors (Lipinski definition) is 3. The van der Waals surface area contributed by atoms with Gasteiger partial charge in [-0.3, -0.25) is 10.1 Å². The molecule has 5 heteroatoms. The maximum absolute atomic E-state index is 12.0. The number of thioether (sulfide) groups is 1. The fraction of sp³-hybridized carbons (Fsp3) is 0.429. The molecule has 0 saturated carbocycles. The first-order valence-corrected chi connectivity index (χ1v) is 7.03. The molecule has 0 radical (unpaired) electrons. The highest BCUT2D eigenvalue weighted by Crippen LogP contribution is 2.31. The SMILES string of the molecule is Cc1ccc(C)c(S[C@@H](C(=O)NC(N)=O)C(C)C)c1. The van der Waals surface area contributed by atoms with Crippen LogP contribution in [0.4, 0.5) is 4.79 Å². The summed E-state index contributed by atoms with van der Waals surface area (Å²) >= 11 is 1.47. The van der Waals surface area contributed by atoms with E-state index in [0.29, 0.717) is 0 Å². The highest BCUT2D eigenvalue weighted by atomic mass is 32.2. The minimum absolute atomic E-state index is 0.101. The summed E-state index contributed by atoms with van der Waals surface area (Å²) < 4.78 is 0. The van der Waals surface area contributed by atoms with Crippen molar-refractivity contribution in [3.63, 3.8) is 0 Å². The smallest absolute Gasteiger partial charge is 0.318 e. The zero-order chi connectivity index (χ0) is 14.6. The summed E-state index contributed by atoms with van der Waals surface area (Å²) in [4.78, 5) is 23.8. The molecule has 0 saturated heterocycles. The summed E-state index contributed by atoms with van der Waals surface area (Å²) in [6.07, 6.45) is 0. The van der Waals surface area contributed by atoms with Crippen molar-refractivity contribution < 1.29 is 9.59 Å². The topological polar surface area (TPSA) is 72.2 Å². The third-order valence-corrected chi connectivity index (χ3v) is 4.41. The molecule has 0 aliphatic carbocycles. The Kier molecular flexibility index (Phi) is 5.42. The van der Waals surface area contributed by atoms with E-state index in [1.165, 1.54) is 11.8 Å². The first-order chi connectivity index (χ1) is 8.81. The number of carbonyl (C=O) groups excluding carboxylic acids is 2. The molecule has 0 unspecified atom stereocenters. The lowest BCUT2D eigenvalue weighted by atomic mass is 10.1. The van der Waals surface area contributed by atoms with Crippen LogP contribution in [-0.4, -0.2) is 17.2 Å². The Labute approximate surface area is 118 Å². The van der Waals surface area contributed by atoms with Crippen LogP contribution >= 0.6 is 11.8 Å². The molecule has 0 fully saturated rings. The Morgan fingerprint density at radius 3 is 2.42 bits per heavy atom. The molecule has 1 rings (SSSR count). The van der Waals surface area contributed by atoms with E-state index in [-0.39, 0.29) is 17.1 Å². The summed E-state index contributed by atoms with van der Waals surface area (Å²) in [5.74, 6) is -0.238. The lowest BCUT2D eigenvalue weighted by molar-refractivity contribution is -0.120. The molecule has 4 nitrogen and oxygen atoms in total. The number of nitrogens with two attached hydrogens (primary N) is 1. The van der Waals surface area contributed by atoms with Crippen LogP contribution in [0.25, 0.3) is 0 Å². The highest BCUT2D eigenvalue weighted by molar-refractivity contribution is 8.00.